The van der Waals surface area contributed by atoms with Gasteiger partial charge >= 0.3 is 5.97 Å². The Morgan fingerprint density at radius 2 is 2.24 bits per heavy atom. The Labute approximate surface area is 134 Å². The molecule has 1 unspecified atom stereocenters. The van der Waals surface area contributed by atoms with Gasteiger partial charge in [0.2, 0.25) is 0 Å². The number of benzene rings is 1. The van der Waals surface area contributed by atoms with E-state index in [1.165, 1.54) is 5.56 Å². The Kier molecular flexibility index (Phi) is 4.94. The SMILES string of the molecule is CCOC(=O)C(C)(C)CC(N)c1cc(Br)cc2c1OCC2. The zero-order valence-corrected chi connectivity index (χ0v) is 14.3. The molecule has 0 spiro atoms. The zero-order chi connectivity index (χ0) is 15.6. The van der Waals surface area contributed by atoms with E-state index in [1.54, 1.807) is 0 Å². The first-order valence-corrected chi connectivity index (χ1v) is 8.02. The molecule has 1 aromatic rings. The third kappa shape index (κ3) is 3.58. The number of fused-ring (bicyclic) bond motifs is 1. The maximum atomic E-state index is 12.0. The molecule has 0 amide bonds. The molecule has 116 valence electrons. The van der Waals surface area contributed by atoms with Gasteiger partial charge in [0.25, 0.3) is 0 Å². The highest BCUT2D eigenvalue weighted by Gasteiger charge is 2.33. The minimum atomic E-state index is -0.622. The molecule has 2 N–H and O–H groups in total. The Balaban J connectivity index is 2.21. The number of nitrogens with two attached hydrogens (primary N) is 1. The van der Waals surface area contributed by atoms with Crippen molar-refractivity contribution >= 4 is 21.9 Å². The normalized spacial score (nSPS) is 15.3. The van der Waals surface area contributed by atoms with Crippen LogP contribution in [0.25, 0.3) is 0 Å². The van der Waals surface area contributed by atoms with Gasteiger partial charge < -0.3 is 15.2 Å². The molecule has 0 fully saturated rings. The lowest BCUT2D eigenvalue weighted by Gasteiger charge is -2.26. The summed E-state index contributed by atoms with van der Waals surface area (Å²) in [6, 6.07) is 3.78. The zero-order valence-electron chi connectivity index (χ0n) is 12.7. The molecule has 0 bridgehead atoms. The number of esters is 1. The molecule has 4 nitrogen and oxygen atoms in total. The van der Waals surface area contributed by atoms with E-state index in [1.807, 2.05) is 26.8 Å². The molecule has 1 aliphatic heterocycles. The second-order valence-electron chi connectivity index (χ2n) is 6.00. The van der Waals surface area contributed by atoms with E-state index in [4.69, 9.17) is 15.2 Å². The highest BCUT2D eigenvalue weighted by molar-refractivity contribution is 9.10. The van der Waals surface area contributed by atoms with Crippen LogP contribution >= 0.6 is 15.9 Å². The molecule has 0 aromatic heterocycles. The van der Waals surface area contributed by atoms with E-state index in [-0.39, 0.29) is 12.0 Å². The van der Waals surface area contributed by atoms with Crippen molar-refractivity contribution in [3.8, 4) is 5.75 Å². The number of rotatable bonds is 5. The van der Waals surface area contributed by atoms with Gasteiger partial charge in [-0.25, -0.2) is 0 Å². The summed E-state index contributed by atoms with van der Waals surface area (Å²) in [6.07, 6.45) is 1.41. The Hall–Kier alpha value is -1.07. The van der Waals surface area contributed by atoms with Crippen molar-refractivity contribution in [1.82, 2.24) is 0 Å². The van der Waals surface area contributed by atoms with E-state index < -0.39 is 5.41 Å². The second kappa shape index (κ2) is 6.36. The standard InChI is InChI=1S/C16H22BrNO3/c1-4-20-15(19)16(2,3)9-13(18)12-8-11(17)7-10-5-6-21-14(10)12/h7-8,13H,4-6,9,18H2,1-3H3. The lowest BCUT2D eigenvalue weighted by molar-refractivity contribution is -0.154. The van der Waals surface area contributed by atoms with E-state index in [9.17, 15) is 4.79 Å². The number of ether oxygens (including phenoxy) is 2. The van der Waals surface area contributed by atoms with E-state index in [0.717, 1.165) is 22.2 Å². The summed E-state index contributed by atoms with van der Waals surface area (Å²) in [4.78, 5) is 12.0. The quantitative estimate of drug-likeness (QED) is 0.822. The third-order valence-electron chi connectivity index (χ3n) is 3.73. The molecule has 0 saturated heterocycles. The molecule has 2 rings (SSSR count). The molecule has 0 radical (unpaired) electrons. The smallest absolute Gasteiger partial charge is 0.311 e. The van der Waals surface area contributed by atoms with Crippen molar-refractivity contribution in [2.75, 3.05) is 13.2 Å². The average Bonchev–Trinajstić information content (AvgIpc) is 2.85. The molecular formula is C16H22BrNO3. The number of carbonyl (C=O) groups excluding carboxylic acids is 1. The maximum absolute atomic E-state index is 12.0. The van der Waals surface area contributed by atoms with Crippen LogP contribution in [-0.2, 0) is 16.0 Å². The molecule has 1 aromatic carbocycles. The highest BCUT2D eigenvalue weighted by atomic mass is 79.9. The lowest BCUT2D eigenvalue weighted by Crippen LogP contribution is -2.31. The predicted molar refractivity (Wildman–Crippen MR) is 85.3 cm³/mol. The van der Waals surface area contributed by atoms with Gasteiger partial charge in [-0.1, -0.05) is 15.9 Å². The van der Waals surface area contributed by atoms with Crippen molar-refractivity contribution < 1.29 is 14.3 Å². The van der Waals surface area contributed by atoms with Crippen molar-refractivity contribution in [2.45, 2.75) is 39.7 Å². The van der Waals surface area contributed by atoms with Crippen molar-refractivity contribution in [3.63, 3.8) is 0 Å². The van der Waals surface area contributed by atoms with Crippen LogP contribution in [0, 0.1) is 5.41 Å². The Morgan fingerprint density at radius 3 is 2.90 bits per heavy atom. The number of hydrogen-bond acceptors (Lipinski definition) is 4. The average molecular weight is 356 g/mol. The summed E-state index contributed by atoms with van der Waals surface area (Å²) in [7, 11) is 0. The first-order chi connectivity index (χ1) is 9.85. The van der Waals surface area contributed by atoms with Gasteiger partial charge in [0, 0.05) is 22.5 Å². The molecule has 21 heavy (non-hydrogen) atoms. The number of halogens is 1. The van der Waals surface area contributed by atoms with Gasteiger partial charge in [-0.05, 0) is 44.9 Å². The molecule has 1 heterocycles. The van der Waals surface area contributed by atoms with Gasteiger partial charge in [-0.3, -0.25) is 4.79 Å². The first kappa shape index (κ1) is 16.3. The summed E-state index contributed by atoms with van der Waals surface area (Å²) >= 11 is 3.51. The summed E-state index contributed by atoms with van der Waals surface area (Å²) in [5.41, 5.74) is 7.85. The van der Waals surface area contributed by atoms with Crippen molar-refractivity contribution in [3.05, 3.63) is 27.7 Å². The topological polar surface area (TPSA) is 61.5 Å². The van der Waals surface area contributed by atoms with Crippen LogP contribution in [-0.4, -0.2) is 19.2 Å². The number of carbonyl (C=O) groups is 1. The highest BCUT2D eigenvalue weighted by Crippen LogP contribution is 2.39. The predicted octanol–water partition coefficient (Wildman–Crippen LogP) is 3.36. The van der Waals surface area contributed by atoms with Crippen LogP contribution in [0.2, 0.25) is 0 Å². The van der Waals surface area contributed by atoms with Crippen molar-refractivity contribution in [1.29, 1.82) is 0 Å². The van der Waals surface area contributed by atoms with Crippen LogP contribution in [0.1, 0.15) is 44.4 Å². The summed E-state index contributed by atoms with van der Waals surface area (Å²) in [5, 5.41) is 0. The van der Waals surface area contributed by atoms with E-state index in [0.29, 0.717) is 19.6 Å². The maximum Gasteiger partial charge on any atom is 0.311 e. The fourth-order valence-electron chi connectivity index (χ4n) is 2.64. The van der Waals surface area contributed by atoms with Crippen LogP contribution in [0.5, 0.6) is 5.75 Å². The molecule has 1 atom stereocenters. The van der Waals surface area contributed by atoms with Crippen LogP contribution in [0.4, 0.5) is 0 Å². The van der Waals surface area contributed by atoms with Gasteiger partial charge in [0.05, 0.1) is 18.6 Å². The largest absolute Gasteiger partial charge is 0.493 e. The molecular weight excluding hydrogens is 334 g/mol. The molecule has 1 aliphatic rings. The second-order valence-corrected chi connectivity index (χ2v) is 6.91. The van der Waals surface area contributed by atoms with Gasteiger partial charge in [0.15, 0.2) is 0 Å². The molecule has 0 aliphatic carbocycles. The Bertz CT molecular complexity index is 543. The van der Waals surface area contributed by atoms with Gasteiger partial charge in [0.1, 0.15) is 5.75 Å². The van der Waals surface area contributed by atoms with Crippen molar-refractivity contribution in [2.24, 2.45) is 11.1 Å². The van der Waals surface area contributed by atoms with Crippen LogP contribution < -0.4 is 10.5 Å². The van der Waals surface area contributed by atoms with Crippen LogP contribution in [0.15, 0.2) is 16.6 Å². The summed E-state index contributed by atoms with van der Waals surface area (Å²) in [5.74, 6) is 0.665. The number of hydrogen-bond donors (Lipinski definition) is 1. The Morgan fingerprint density at radius 1 is 1.52 bits per heavy atom. The molecule has 0 saturated carbocycles. The van der Waals surface area contributed by atoms with E-state index in [2.05, 4.69) is 22.0 Å². The fraction of sp³-hybridized carbons (Fsp3) is 0.562. The first-order valence-electron chi connectivity index (χ1n) is 7.23. The summed E-state index contributed by atoms with van der Waals surface area (Å²) < 4.78 is 11.8. The lowest BCUT2D eigenvalue weighted by atomic mass is 9.83. The van der Waals surface area contributed by atoms with Gasteiger partial charge in [-0.15, -0.1) is 0 Å². The monoisotopic (exact) mass is 355 g/mol. The van der Waals surface area contributed by atoms with Gasteiger partial charge in [-0.2, -0.15) is 0 Å². The third-order valence-corrected chi connectivity index (χ3v) is 4.19. The minimum absolute atomic E-state index is 0.215. The van der Waals surface area contributed by atoms with Crippen LogP contribution in [0.3, 0.4) is 0 Å². The molecule has 5 heteroatoms. The minimum Gasteiger partial charge on any atom is -0.493 e. The van der Waals surface area contributed by atoms with E-state index >= 15 is 0 Å². The fourth-order valence-corrected chi connectivity index (χ4v) is 3.17. The summed E-state index contributed by atoms with van der Waals surface area (Å²) in [6.45, 7) is 6.61.